The molecule has 1 aromatic carbocycles. The molecule has 0 atom stereocenters. The van der Waals surface area contributed by atoms with Crippen LogP contribution in [0.3, 0.4) is 0 Å². The number of nitrogens with zero attached hydrogens (tertiary/aromatic N) is 1. The van der Waals surface area contributed by atoms with Gasteiger partial charge < -0.3 is 10.1 Å². The molecule has 0 fully saturated rings. The average Bonchev–Trinajstić information content (AvgIpc) is 2.38. The monoisotopic (exact) mass is 254 g/mol. The number of ether oxygens (including phenoxy) is 1. The highest BCUT2D eigenvalue weighted by Gasteiger charge is 2.09. The first-order chi connectivity index (χ1) is 8.71. The van der Waals surface area contributed by atoms with E-state index in [1.165, 1.54) is 6.07 Å². The van der Waals surface area contributed by atoms with Crippen LogP contribution >= 0.6 is 0 Å². The second kappa shape index (κ2) is 8.06. The van der Waals surface area contributed by atoms with E-state index in [-0.39, 0.29) is 5.82 Å². The lowest BCUT2D eigenvalue weighted by molar-refractivity contribution is 0.264. The minimum Gasteiger partial charge on any atom is -0.497 e. The Balaban J connectivity index is 2.67. The molecule has 0 bridgehead atoms. The van der Waals surface area contributed by atoms with Gasteiger partial charge in [-0.3, -0.25) is 4.90 Å². The van der Waals surface area contributed by atoms with Crippen molar-refractivity contribution in [2.75, 3.05) is 33.8 Å². The van der Waals surface area contributed by atoms with Crippen LogP contribution in [-0.4, -0.2) is 38.7 Å². The highest BCUT2D eigenvalue weighted by atomic mass is 19.1. The van der Waals surface area contributed by atoms with Crippen molar-refractivity contribution in [2.45, 2.75) is 19.9 Å². The summed E-state index contributed by atoms with van der Waals surface area (Å²) in [5, 5.41) is 3.12. The van der Waals surface area contributed by atoms with E-state index in [9.17, 15) is 4.39 Å². The van der Waals surface area contributed by atoms with Crippen LogP contribution in [0.5, 0.6) is 5.75 Å². The van der Waals surface area contributed by atoms with Crippen molar-refractivity contribution in [1.82, 2.24) is 10.2 Å². The molecule has 18 heavy (non-hydrogen) atoms. The Hall–Kier alpha value is -1.13. The van der Waals surface area contributed by atoms with E-state index in [1.807, 2.05) is 7.05 Å². The molecule has 0 aliphatic carbocycles. The summed E-state index contributed by atoms with van der Waals surface area (Å²) in [6, 6.07) is 5.05. The van der Waals surface area contributed by atoms with Crippen molar-refractivity contribution in [1.29, 1.82) is 0 Å². The molecule has 102 valence electrons. The Bertz CT molecular complexity index is 358. The van der Waals surface area contributed by atoms with Crippen LogP contribution in [0, 0.1) is 5.82 Å². The molecule has 0 radical (unpaired) electrons. The number of nitrogens with one attached hydrogen (secondary N) is 1. The van der Waals surface area contributed by atoms with E-state index in [0.717, 1.165) is 31.6 Å². The fourth-order valence-electron chi connectivity index (χ4n) is 1.88. The minimum absolute atomic E-state index is 0.195. The lowest BCUT2D eigenvalue weighted by atomic mass is 10.2. The summed E-state index contributed by atoms with van der Waals surface area (Å²) >= 11 is 0. The summed E-state index contributed by atoms with van der Waals surface area (Å²) in [5.41, 5.74) is 0.723. The largest absolute Gasteiger partial charge is 0.497 e. The fourth-order valence-corrected chi connectivity index (χ4v) is 1.88. The summed E-state index contributed by atoms with van der Waals surface area (Å²) in [7, 11) is 3.48. The summed E-state index contributed by atoms with van der Waals surface area (Å²) in [4.78, 5) is 2.25. The number of likely N-dealkylation sites (N-methyl/N-ethyl adjacent to an activating group) is 1. The molecule has 0 unspecified atom stereocenters. The highest BCUT2D eigenvalue weighted by Crippen LogP contribution is 2.17. The Labute approximate surface area is 109 Å². The average molecular weight is 254 g/mol. The van der Waals surface area contributed by atoms with Gasteiger partial charge in [0.05, 0.1) is 7.11 Å². The maximum absolute atomic E-state index is 13.8. The van der Waals surface area contributed by atoms with Gasteiger partial charge in [-0.15, -0.1) is 0 Å². The number of methoxy groups -OCH3 is 1. The predicted octanol–water partition coefficient (Wildman–Crippen LogP) is 2.27. The van der Waals surface area contributed by atoms with Gasteiger partial charge in [-0.1, -0.05) is 13.0 Å². The van der Waals surface area contributed by atoms with E-state index >= 15 is 0 Å². The van der Waals surface area contributed by atoms with Crippen molar-refractivity contribution in [3.05, 3.63) is 29.6 Å². The normalized spacial score (nSPS) is 10.9. The molecular formula is C14H23FN2O. The zero-order valence-electron chi connectivity index (χ0n) is 11.5. The van der Waals surface area contributed by atoms with Crippen LogP contribution < -0.4 is 10.1 Å². The molecule has 4 heteroatoms. The van der Waals surface area contributed by atoms with Gasteiger partial charge in [-0.2, -0.15) is 0 Å². The minimum atomic E-state index is -0.195. The van der Waals surface area contributed by atoms with Crippen molar-refractivity contribution in [2.24, 2.45) is 0 Å². The van der Waals surface area contributed by atoms with Crippen LogP contribution in [0.25, 0.3) is 0 Å². The van der Waals surface area contributed by atoms with Gasteiger partial charge in [0.2, 0.25) is 0 Å². The molecule has 0 spiro atoms. The lowest BCUT2D eigenvalue weighted by Gasteiger charge is -2.22. The first-order valence-corrected chi connectivity index (χ1v) is 6.40. The third-order valence-corrected chi connectivity index (χ3v) is 2.87. The summed E-state index contributed by atoms with van der Waals surface area (Å²) < 4.78 is 18.8. The van der Waals surface area contributed by atoms with Crippen molar-refractivity contribution < 1.29 is 9.13 Å². The number of rotatable bonds is 8. The van der Waals surface area contributed by atoms with Crippen molar-refractivity contribution in [3.63, 3.8) is 0 Å². The molecule has 0 saturated carbocycles. The van der Waals surface area contributed by atoms with E-state index < -0.39 is 0 Å². The third kappa shape index (κ3) is 4.63. The van der Waals surface area contributed by atoms with Crippen molar-refractivity contribution in [3.8, 4) is 5.75 Å². The zero-order valence-corrected chi connectivity index (χ0v) is 11.5. The third-order valence-electron chi connectivity index (χ3n) is 2.87. The van der Waals surface area contributed by atoms with Gasteiger partial charge in [0.15, 0.2) is 0 Å². The van der Waals surface area contributed by atoms with Crippen LogP contribution in [-0.2, 0) is 6.54 Å². The Morgan fingerprint density at radius 2 is 2.11 bits per heavy atom. The van der Waals surface area contributed by atoms with Gasteiger partial charge in [-0.25, -0.2) is 4.39 Å². The first kappa shape index (κ1) is 14.9. The molecule has 0 aliphatic heterocycles. The maximum Gasteiger partial charge on any atom is 0.131 e. The smallest absolute Gasteiger partial charge is 0.131 e. The van der Waals surface area contributed by atoms with Gasteiger partial charge in [0, 0.05) is 31.3 Å². The fraction of sp³-hybridized carbons (Fsp3) is 0.571. The molecule has 1 rings (SSSR count). The van der Waals surface area contributed by atoms with E-state index in [1.54, 1.807) is 19.2 Å². The molecule has 3 nitrogen and oxygen atoms in total. The quantitative estimate of drug-likeness (QED) is 0.770. The van der Waals surface area contributed by atoms with Crippen LogP contribution in [0.4, 0.5) is 4.39 Å². The van der Waals surface area contributed by atoms with Crippen LogP contribution in [0.15, 0.2) is 18.2 Å². The SMILES string of the molecule is CCCN(CCNC)Cc1ccc(OC)cc1F. The number of benzene rings is 1. The van der Waals surface area contributed by atoms with E-state index in [2.05, 4.69) is 17.1 Å². The molecule has 1 N–H and O–H groups in total. The molecule has 1 aromatic rings. The summed E-state index contributed by atoms with van der Waals surface area (Å²) in [5.74, 6) is 0.369. The van der Waals surface area contributed by atoms with Gasteiger partial charge >= 0.3 is 0 Å². The van der Waals surface area contributed by atoms with Gasteiger partial charge in [0.1, 0.15) is 11.6 Å². The Morgan fingerprint density at radius 3 is 2.67 bits per heavy atom. The van der Waals surface area contributed by atoms with E-state index in [0.29, 0.717) is 12.3 Å². The van der Waals surface area contributed by atoms with Crippen LogP contribution in [0.2, 0.25) is 0 Å². The lowest BCUT2D eigenvalue weighted by Crippen LogP contribution is -2.31. The first-order valence-electron chi connectivity index (χ1n) is 6.40. The van der Waals surface area contributed by atoms with Crippen molar-refractivity contribution >= 4 is 0 Å². The van der Waals surface area contributed by atoms with Crippen LogP contribution in [0.1, 0.15) is 18.9 Å². The number of halogens is 1. The molecule has 0 amide bonds. The summed E-state index contributed by atoms with van der Waals surface area (Å²) in [6.07, 6.45) is 1.07. The molecular weight excluding hydrogens is 231 g/mol. The molecule has 0 aromatic heterocycles. The zero-order chi connectivity index (χ0) is 13.4. The highest BCUT2D eigenvalue weighted by molar-refractivity contribution is 5.28. The number of hydrogen-bond donors (Lipinski definition) is 1. The summed E-state index contributed by atoms with van der Waals surface area (Å²) in [6.45, 7) is 5.60. The second-order valence-corrected chi connectivity index (χ2v) is 4.34. The molecule has 0 saturated heterocycles. The Kier molecular flexibility index (Phi) is 6.68. The standard InChI is InChI=1S/C14H23FN2O/c1-4-8-17(9-7-16-2)11-12-5-6-13(18-3)10-14(12)15/h5-6,10,16H,4,7-9,11H2,1-3H3. The molecule has 0 heterocycles. The van der Waals surface area contributed by atoms with Gasteiger partial charge in [0.25, 0.3) is 0 Å². The topological polar surface area (TPSA) is 24.5 Å². The van der Waals surface area contributed by atoms with E-state index in [4.69, 9.17) is 4.74 Å². The van der Waals surface area contributed by atoms with Gasteiger partial charge in [-0.05, 0) is 26.1 Å². The number of hydrogen-bond acceptors (Lipinski definition) is 3. The molecule has 0 aliphatic rings. The maximum atomic E-state index is 13.8. The Morgan fingerprint density at radius 1 is 1.33 bits per heavy atom. The second-order valence-electron chi connectivity index (χ2n) is 4.34. The predicted molar refractivity (Wildman–Crippen MR) is 72.4 cm³/mol.